The van der Waals surface area contributed by atoms with Crippen LogP contribution in [0.3, 0.4) is 0 Å². The van der Waals surface area contributed by atoms with E-state index in [0.717, 1.165) is 6.07 Å². The van der Waals surface area contributed by atoms with Gasteiger partial charge in [0.2, 0.25) is 0 Å². The van der Waals surface area contributed by atoms with Gasteiger partial charge < -0.3 is 0 Å². The van der Waals surface area contributed by atoms with Crippen LogP contribution in [0.5, 0.6) is 0 Å². The number of benzene rings is 2. The Morgan fingerprint density at radius 3 is 2.35 bits per heavy atom. The molecule has 3 nitrogen and oxygen atoms in total. The van der Waals surface area contributed by atoms with Crippen LogP contribution in [0, 0.1) is 18.6 Å². The standard InChI is InChI=1S/C15H10F2N2O/c1-9-18-14-7-4-11(17)8-13(14)15(20)19(9)12-5-2-10(16)3-6-12/h2-8H,1H3. The van der Waals surface area contributed by atoms with Gasteiger partial charge in [0.15, 0.2) is 0 Å². The summed E-state index contributed by atoms with van der Waals surface area (Å²) < 4.78 is 27.6. The van der Waals surface area contributed by atoms with E-state index in [2.05, 4.69) is 4.98 Å². The summed E-state index contributed by atoms with van der Waals surface area (Å²) in [4.78, 5) is 16.7. The summed E-state index contributed by atoms with van der Waals surface area (Å²) in [7, 11) is 0. The minimum Gasteiger partial charge on any atom is -0.268 e. The molecule has 0 aliphatic carbocycles. The molecule has 0 spiro atoms. The summed E-state index contributed by atoms with van der Waals surface area (Å²) in [5, 5.41) is 0.194. The highest BCUT2D eigenvalue weighted by atomic mass is 19.1. The van der Waals surface area contributed by atoms with Crippen molar-refractivity contribution < 1.29 is 8.78 Å². The fraction of sp³-hybridized carbons (Fsp3) is 0.0667. The van der Waals surface area contributed by atoms with Crippen LogP contribution in [0.1, 0.15) is 5.82 Å². The van der Waals surface area contributed by atoms with E-state index in [4.69, 9.17) is 0 Å². The highest BCUT2D eigenvalue weighted by Gasteiger charge is 2.10. The van der Waals surface area contributed by atoms with Gasteiger partial charge in [-0.2, -0.15) is 0 Å². The van der Waals surface area contributed by atoms with Crippen LogP contribution in [0.25, 0.3) is 16.6 Å². The van der Waals surface area contributed by atoms with Crippen molar-refractivity contribution in [1.29, 1.82) is 0 Å². The fourth-order valence-corrected chi connectivity index (χ4v) is 2.16. The number of hydrogen-bond donors (Lipinski definition) is 0. The topological polar surface area (TPSA) is 34.9 Å². The molecule has 0 N–H and O–H groups in total. The molecule has 100 valence electrons. The summed E-state index contributed by atoms with van der Waals surface area (Å²) in [6.07, 6.45) is 0. The summed E-state index contributed by atoms with van der Waals surface area (Å²) >= 11 is 0. The van der Waals surface area contributed by atoms with Gasteiger partial charge in [-0.05, 0) is 49.4 Å². The molecule has 3 rings (SSSR count). The van der Waals surface area contributed by atoms with Gasteiger partial charge in [-0.3, -0.25) is 9.36 Å². The molecule has 0 bridgehead atoms. The van der Waals surface area contributed by atoms with E-state index in [1.807, 2.05) is 0 Å². The zero-order valence-corrected chi connectivity index (χ0v) is 10.6. The lowest BCUT2D eigenvalue weighted by molar-refractivity contribution is 0.627. The van der Waals surface area contributed by atoms with Crippen LogP contribution in [-0.2, 0) is 0 Å². The molecule has 1 aromatic heterocycles. The molecule has 0 aliphatic rings. The first-order chi connectivity index (χ1) is 9.56. The van der Waals surface area contributed by atoms with Crippen LogP contribution in [-0.4, -0.2) is 9.55 Å². The lowest BCUT2D eigenvalue weighted by Gasteiger charge is -2.10. The summed E-state index contributed by atoms with van der Waals surface area (Å²) in [5.41, 5.74) is 0.554. The number of fused-ring (bicyclic) bond motifs is 1. The molecular formula is C15H10F2N2O. The highest BCUT2D eigenvalue weighted by molar-refractivity contribution is 5.78. The van der Waals surface area contributed by atoms with Gasteiger partial charge in [-0.1, -0.05) is 0 Å². The van der Waals surface area contributed by atoms with Crippen LogP contribution in [0.15, 0.2) is 47.3 Å². The molecule has 0 unspecified atom stereocenters. The van der Waals surface area contributed by atoms with Gasteiger partial charge in [-0.15, -0.1) is 0 Å². The van der Waals surface area contributed by atoms with Gasteiger partial charge in [0.05, 0.1) is 16.6 Å². The molecule has 3 aromatic rings. The lowest BCUT2D eigenvalue weighted by Crippen LogP contribution is -2.22. The molecule has 0 radical (unpaired) electrons. The molecular weight excluding hydrogens is 262 g/mol. The monoisotopic (exact) mass is 272 g/mol. The van der Waals surface area contributed by atoms with E-state index in [9.17, 15) is 13.6 Å². The number of aromatic nitrogens is 2. The Morgan fingerprint density at radius 1 is 1.00 bits per heavy atom. The van der Waals surface area contributed by atoms with Crippen LogP contribution < -0.4 is 5.56 Å². The van der Waals surface area contributed by atoms with Gasteiger partial charge in [-0.25, -0.2) is 13.8 Å². The molecule has 2 aromatic carbocycles. The number of hydrogen-bond acceptors (Lipinski definition) is 2. The maximum atomic E-state index is 13.3. The normalized spacial score (nSPS) is 10.9. The number of aryl methyl sites for hydroxylation is 1. The Balaban J connectivity index is 2.36. The maximum absolute atomic E-state index is 13.3. The predicted molar refractivity (Wildman–Crippen MR) is 72.0 cm³/mol. The first-order valence-corrected chi connectivity index (χ1v) is 6.01. The van der Waals surface area contributed by atoms with Crippen LogP contribution >= 0.6 is 0 Å². The number of halogens is 2. The van der Waals surface area contributed by atoms with Crippen LogP contribution in [0.4, 0.5) is 8.78 Å². The van der Waals surface area contributed by atoms with Crippen molar-refractivity contribution in [1.82, 2.24) is 9.55 Å². The molecule has 0 atom stereocenters. The smallest absolute Gasteiger partial charge is 0.266 e. The molecule has 0 amide bonds. The zero-order chi connectivity index (χ0) is 14.3. The molecule has 0 aliphatic heterocycles. The summed E-state index contributed by atoms with van der Waals surface area (Å²) in [6, 6.07) is 9.37. The van der Waals surface area contributed by atoms with E-state index in [0.29, 0.717) is 17.0 Å². The van der Waals surface area contributed by atoms with Gasteiger partial charge in [0.1, 0.15) is 17.5 Å². The third kappa shape index (κ3) is 1.97. The van der Waals surface area contributed by atoms with E-state index >= 15 is 0 Å². The van der Waals surface area contributed by atoms with Crippen LogP contribution in [0.2, 0.25) is 0 Å². The first kappa shape index (κ1) is 12.5. The Hall–Kier alpha value is -2.56. The van der Waals surface area contributed by atoms with E-state index in [1.54, 1.807) is 6.92 Å². The Kier molecular flexibility index (Phi) is 2.82. The van der Waals surface area contributed by atoms with E-state index < -0.39 is 5.82 Å². The average molecular weight is 272 g/mol. The van der Waals surface area contributed by atoms with Gasteiger partial charge >= 0.3 is 0 Å². The Bertz CT molecular complexity index is 854. The molecule has 20 heavy (non-hydrogen) atoms. The minimum absolute atomic E-state index is 0.194. The molecule has 0 saturated heterocycles. The second kappa shape index (κ2) is 4.52. The molecule has 5 heteroatoms. The van der Waals surface area contributed by atoms with Crippen molar-refractivity contribution in [3.8, 4) is 5.69 Å². The molecule has 1 heterocycles. The predicted octanol–water partition coefficient (Wildman–Crippen LogP) is 2.97. The van der Waals surface area contributed by atoms with Gasteiger partial charge in [0.25, 0.3) is 5.56 Å². The molecule has 0 fully saturated rings. The van der Waals surface area contributed by atoms with Crippen molar-refractivity contribution >= 4 is 10.9 Å². The Morgan fingerprint density at radius 2 is 1.65 bits per heavy atom. The average Bonchev–Trinajstić information content (AvgIpc) is 2.42. The van der Waals surface area contributed by atoms with E-state index in [-0.39, 0.29) is 16.8 Å². The van der Waals surface area contributed by atoms with Crippen molar-refractivity contribution in [2.24, 2.45) is 0 Å². The van der Waals surface area contributed by atoms with E-state index in [1.165, 1.54) is 41.0 Å². The summed E-state index contributed by atoms with van der Waals surface area (Å²) in [6.45, 7) is 1.67. The molecule has 0 saturated carbocycles. The van der Waals surface area contributed by atoms with Crippen molar-refractivity contribution in [3.05, 3.63) is 70.3 Å². The maximum Gasteiger partial charge on any atom is 0.266 e. The second-order valence-corrected chi connectivity index (χ2v) is 4.44. The number of rotatable bonds is 1. The van der Waals surface area contributed by atoms with Crippen molar-refractivity contribution in [3.63, 3.8) is 0 Å². The Labute approximate surface area is 113 Å². The van der Waals surface area contributed by atoms with Crippen molar-refractivity contribution in [2.75, 3.05) is 0 Å². The lowest BCUT2D eigenvalue weighted by atomic mass is 10.2. The summed E-state index contributed by atoms with van der Waals surface area (Å²) in [5.74, 6) is -0.425. The zero-order valence-electron chi connectivity index (χ0n) is 10.6. The quantitative estimate of drug-likeness (QED) is 0.682. The fourth-order valence-electron chi connectivity index (χ4n) is 2.16. The second-order valence-electron chi connectivity index (χ2n) is 4.44. The SMILES string of the molecule is Cc1nc2ccc(F)cc2c(=O)n1-c1ccc(F)cc1. The third-order valence-electron chi connectivity index (χ3n) is 3.08. The largest absolute Gasteiger partial charge is 0.268 e. The van der Waals surface area contributed by atoms with Crippen molar-refractivity contribution in [2.45, 2.75) is 6.92 Å². The number of nitrogens with zero attached hydrogens (tertiary/aromatic N) is 2. The highest BCUT2D eigenvalue weighted by Crippen LogP contribution is 2.14. The third-order valence-corrected chi connectivity index (χ3v) is 3.08. The van der Waals surface area contributed by atoms with Gasteiger partial charge in [0, 0.05) is 0 Å². The minimum atomic E-state index is -0.495. The first-order valence-electron chi connectivity index (χ1n) is 6.01.